The van der Waals surface area contributed by atoms with E-state index in [0.717, 1.165) is 62.9 Å². The molecule has 0 radical (unpaired) electrons. The average Bonchev–Trinajstić information content (AvgIpc) is 3.26. The summed E-state index contributed by atoms with van der Waals surface area (Å²) in [5.41, 5.74) is 2.03. The fraction of sp³-hybridized carbons (Fsp3) is 0.800. The van der Waals surface area contributed by atoms with Crippen LogP contribution in [-0.4, -0.2) is 52.2 Å². The summed E-state index contributed by atoms with van der Waals surface area (Å²) in [4.78, 5) is 13.0. The quantitative estimate of drug-likeness (QED) is 0.234. The Morgan fingerprint density at radius 2 is 1.97 bits per heavy atom. The van der Waals surface area contributed by atoms with Gasteiger partial charge in [0.25, 0.3) is 5.88 Å². The third kappa shape index (κ3) is 6.53. The molecule has 32 heavy (non-hydrogen) atoms. The Balaban J connectivity index is 1.66. The molecule has 0 saturated heterocycles. The maximum absolute atomic E-state index is 13.0. The predicted octanol–water partition coefficient (Wildman–Crippen LogP) is 5.84. The molecule has 0 bridgehead atoms. The molecule has 6 nitrogen and oxygen atoms in total. The van der Waals surface area contributed by atoms with Crippen LogP contribution in [0.2, 0.25) is 0 Å². The van der Waals surface area contributed by atoms with Crippen LogP contribution in [0.15, 0.2) is 6.08 Å². The van der Waals surface area contributed by atoms with Crippen molar-refractivity contribution in [1.29, 1.82) is 0 Å². The minimum absolute atomic E-state index is 0.00489. The van der Waals surface area contributed by atoms with Gasteiger partial charge in [0.1, 0.15) is 12.2 Å². The van der Waals surface area contributed by atoms with Gasteiger partial charge in [0, 0.05) is 17.9 Å². The second-order valence-electron chi connectivity index (χ2n) is 10.1. The van der Waals surface area contributed by atoms with Crippen molar-refractivity contribution in [2.45, 2.75) is 91.2 Å². The lowest BCUT2D eigenvalue weighted by molar-refractivity contribution is -0.950. The predicted molar refractivity (Wildman–Crippen MR) is 129 cm³/mol. The highest BCUT2D eigenvalue weighted by atomic mass is 32.1. The van der Waals surface area contributed by atoms with Crippen molar-refractivity contribution >= 4 is 23.3 Å². The van der Waals surface area contributed by atoms with Crippen LogP contribution in [-0.2, 0) is 9.53 Å². The standard InChI is InChI=1S/C25H42N3O3S/c1-5-6-7-11-17-30-23-22(26-32-27-23)21-15-12-16-28(4,18-21)24(19(2)3)31-25(29)20-13-9-8-10-14-20/h15,19-20,24H,5-14,16-18H2,1-4H3/q+1. The Morgan fingerprint density at radius 3 is 2.69 bits per heavy atom. The maximum Gasteiger partial charge on any atom is 0.313 e. The Kier molecular flexibility index (Phi) is 9.53. The van der Waals surface area contributed by atoms with E-state index < -0.39 is 0 Å². The minimum atomic E-state index is -0.155. The van der Waals surface area contributed by atoms with E-state index in [2.05, 4.69) is 42.6 Å². The van der Waals surface area contributed by atoms with Crippen molar-refractivity contribution in [2.75, 3.05) is 26.7 Å². The molecular weight excluding hydrogens is 422 g/mol. The SMILES string of the molecule is CCCCCCOc1nsnc1C1=CCC[N+](C)(C(OC(=O)C2CCCCC2)C(C)C)C1. The van der Waals surface area contributed by atoms with Gasteiger partial charge in [-0.05, 0) is 19.3 Å². The highest BCUT2D eigenvalue weighted by Crippen LogP contribution is 2.34. The molecule has 7 heteroatoms. The normalized spacial score (nSPS) is 23.1. The number of quaternary nitrogens is 1. The summed E-state index contributed by atoms with van der Waals surface area (Å²) in [5.74, 6) is 0.985. The maximum atomic E-state index is 13.0. The molecule has 2 aliphatic rings. The average molecular weight is 465 g/mol. The van der Waals surface area contributed by atoms with Crippen LogP contribution in [0.5, 0.6) is 5.88 Å². The number of aromatic nitrogens is 2. The molecule has 0 aromatic carbocycles. The summed E-state index contributed by atoms with van der Waals surface area (Å²) in [6.07, 6.45) is 13.2. The van der Waals surface area contributed by atoms with Gasteiger partial charge >= 0.3 is 5.97 Å². The number of hydrogen-bond acceptors (Lipinski definition) is 6. The summed E-state index contributed by atoms with van der Waals surface area (Å²) in [6, 6.07) is 0. The Morgan fingerprint density at radius 1 is 1.19 bits per heavy atom. The van der Waals surface area contributed by atoms with Crippen LogP contribution in [0, 0.1) is 11.8 Å². The van der Waals surface area contributed by atoms with Crippen LogP contribution >= 0.6 is 11.7 Å². The van der Waals surface area contributed by atoms with Crippen LogP contribution in [0.3, 0.4) is 0 Å². The monoisotopic (exact) mass is 464 g/mol. The largest absolute Gasteiger partial charge is 0.475 e. The second-order valence-corrected chi connectivity index (χ2v) is 10.6. The third-order valence-electron chi connectivity index (χ3n) is 6.92. The smallest absolute Gasteiger partial charge is 0.313 e. The van der Waals surface area contributed by atoms with Crippen molar-refractivity contribution in [2.24, 2.45) is 11.8 Å². The molecule has 1 saturated carbocycles. The van der Waals surface area contributed by atoms with Gasteiger partial charge in [0.2, 0.25) is 6.23 Å². The molecule has 180 valence electrons. The number of likely N-dealkylation sites (N-methyl/N-ethyl adjacent to an activating group) is 1. The first-order valence-electron chi connectivity index (χ1n) is 12.6. The summed E-state index contributed by atoms with van der Waals surface area (Å²) in [7, 11) is 2.22. The molecule has 1 aromatic rings. The Hall–Kier alpha value is -1.47. The molecule has 2 heterocycles. The minimum Gasteiger partial charge on any atom is -0.475 e. The van der Waals surface area contributed by atoms with Crippen molar-refractivity contribution in [1.82, 2.24) is 8.75 Å². The van der Waals surface area contributed by atoms with Gasteiger partial charge in [-0.15, -0.1) is 4.37 Å². The molecule has 1 aromatic heterocycles. The number of rotatable bonds is 11. The van der Waals surface area contributed by atoms with Gasteiger partial charge in [-0.1, -0.05) is 65.4 Å². The number of carbonyl (C=O) groups excluding carboxylic acids is 1. The first-order valence-corrected chi connectivity index (χ1v) is 13.4. The summed E-state index contributed by atoms with van der Waals surface area (Å²) >= 11 is 1.21. The zero-order chi connectivity index (χ0) is 23.0. The molecule has 0 N–H and O–H groups in total. The fourth-order valence-corrected chi connectivity index (χ4v) is 5.69. The van der Waals surface area contributed by atoms with Gasteiger partial charge < -0.3 is 9.47 Å². The van der Waals surface area contributed by atoms with E-state index in [1.807, 2.05) is 0 Å². The highest BCUT2D eigenvalue weighted by molar-refractivity contribution is 6.99. The van der Waals surface area contributed by atoms with Crippen molar-refractivity contribution in [3.63, 3.8) is 0 Å². The first kappa shape index (κ1) is 25.2. The summed E-state index contributed by atoms with van der Waals surface area (Å²) < 4.78 is 21.9. The molecule has 2 atom stereocenters. The van der Waals surface area contributed by atoms with Gasteiger partial charge in [-0.25, -0.2) is 0 Å². The molecule has 1 aliphatic carbocycles. The third-order valence-corrected chi connectivity index (χ3v) is 7.43. The number of carbonyl (C=O) groups is 1. The topological polar surface area (TPSA) is 61.3 Å². The van der Waals surface area contributed by atoms with Crippen molar-refractivity contribution < 1.29 is 18.8 Å². The molecule has 3 rings (SSSR count). The van der Waals surface area contributed by atoms with E-state index in [1.165, 1.54) is 37.4 Å². The van der Waals surface area contributed by atoms with Gasteiger partial charge in [0.15, 0.2) is 0 Å². The van der Waals surface area contributed by atoms with E-state index >= 15 is 0 Å². The Bertz CT molecular complexity index is 757. The molecule has 0 amide bonds. The van der Waals surface area contributed by atoms with Crippen LogP contribution in [0.4, 0.5) is 0 Å². The van der Waals surface area contributed by atoms with Gasteiger partial charge in [-0.2, -0.15) is 4.37 Å². The van der Waals surface area contributed by atoms with E-state index in [9.17, 15) is 4.79 Å². The fourth-order valence-electron chi connectivity index (χ4n) is 5.16. The van der Waals surface area contributed by atoms with Gasteiger partial charge in [-0.3, -0.25) is 9.28 Å². The van der Waals surface area contributed by atoms with E-state index in [0.29, 0.717) is 17.0 Å². The summed E-state index contributed by atoms with van der Waals surface area (Å²) in [6.45, 7) is 8.95. The zero-order valence-electron chi connectivity index (χ0n) is 20.5. The lowest BCUT2D eigenvalue weighted by atomic mass is 9.89. The number of nitrogens with zero attached hydrogens (tertiary/aromatic N) is 3. The first-order chi connectivity index (χ1) is 15.4. The number of unbranched alkanes of at least 4 members (excludes halogenated alkanes) is 3. The van der Waals surface area contributed by atoms with Crippen LogP contribution < -0.4 is 4.74 Å². The lowest BCUT2D eigenvalue weighted by Gasteiger charge is -2.44. The number of esters is 1. The van der Waals surface area contributed by atoms with E-state index in [-0.39, 0.29) is 24.0 Å². The van der Waals surface area contributed by atoms with E-state index in [1.54, 1.807) is 0 Å². The van der Waals surface area contributed by atoms with Gasteiger partial charge in [0.05, 0.1) is 37.8 Å². The highest BCUT2D eigenvalue weighted by Gasteiger charge is 2.42. The second kappa shape index (κ2) is 12.1. The van der Waals surface area contributed by atoms with Crippen LogP contribution in [0.1, 0.15) is 90.7 Å². The Labute approximate surface area is 198 Å². The molecule has 2 unspecified atom stereocenters. The van der Waals surface area contributed by atoms with Crippen molar-refractivity contribution in [3.05, 3.63) is 11.8 Å². The summed E-state index contributed by atoms with van der Waals surface area (Å²) in [5, 5.41) is 0. The zero-order valence-corrected chi connectivity index (χ0v) is 21.3. The molecule has 1 fully saturated rings. The van der Waals surface area contributed by atoms with Crippen molar-refractivity contribution in [3.8, 4) is 5.88 Å². The number of hydrogen-bond donors (Lipinski definition) is 0. The molecule has 1 aliphatic heterocycles. The van der Waals surface area contributed by atoms with E-state index in [4.69, 9.17) is 9.47 Å². The lowest BCUT2D eigenvalue weighted by Crippen LogP contribution is -2.58. The number of ether oxygens (including phenoxy) is 2. The molecule has 0 spiro atoms. The molecular formula is C25H42N3O3S+. The van der Waals surface area contributed by atoms with Crippen LogP contribution in [0.25, 0.3) is 5.57 Å².